The van der Waals surface area contributed by atoms with E-state index in [0.29, 0.717) is 13.0 Å². The molecule has 4 nitrogen and oxygen atoms in total. The van der Waals surface area contributed by atoms with E-state index in [1.807, 2.05) is 4.57 Å². The lowest BCUT2D eigenvalue weighted by Gasteiger charge is -2.35. The zero-order chi connectivity index (χ0) is 17.3. The minimum absolute atomic E-state index is 0.176. The number of carbonyl (C=O) groups is 1. The topological polar surface area (TPSA) is 38.1 Å². The number of carbonyl (C=O) groups excluding carboxylic acids is 1. The summed E-state index contributed by atoms with van der Waals surface area (Å²) in [6.07, 6.45) is 4.88. The van der Waals surface area contributed by atoms with Crippen molar-refractivity contribution >= 4 is 29.1 Å². The summed E-state index contributed by atoms with van der Waals surface area (Å²) in [5.41, 5.74) is 0.849. The van der Waals surface area contributed by atoms with Crippen molar-refractivity contribution < 1.29 is 13.6 Å². The Bertz CT molecular complexity index is 766. The molecule has 8 heteroatoms. The van der Waals surface area contributed by atoms with Gasteiger partial charge in [-0.2, -0.15) is 0 Å². The van der Waals surface area contributed by atoms with Gasteiger partial charge in [-0.3, -0.25) is 4.79 Å². The molecule has 0 fully saturated rings. The summed E-state index contributed by atoms with van der Waals surface area (Å²) in [4.78, 5) is 17.8. The Morgan fingerprint density at radius 2 is 2.21 bits per heavy atom. The third-order valence-electron chi connectivity index (χ3n) is 4.28. The molecule has 2 aromatic rings. The quantitative estimate of drug-likeness (QED) is 0.608. The zero-order valence-corrected chi connectivity index (χ0v) is 14.2. The Balaban J connectivity index is 1.89. The average molecular weight is 374 g/mol. The fourth-order valence-corrected chi connectivity index (χ4v) is 3.32. The second-order valence-corrected chi connectivity index (χ2v) is 6.38. The molecular formula is C16H15Cl2F2N3O. The number of nitrogens with zero attached hydrogens (tertiary/aromatic N) is 3. The summed E-state index contributed by atoms with van der Waals surface area (Å²) < 4.78 is 30.2. The Kier molecular flexibility index (Phi) is 5.06. The van der Waals surface area contributed by atoms with Crippen molar-refractivity contribution in [2.45, 2.75) is 32.0 Å². The third-order valence-corrected chi connectivity index (χ3v) is 4.80. The minimum atomic E-state index is -0.844. The van der Waals surface area contributed by atoms with Crippen LogP contribution in [0.1, 0.15) is 17.7 Å². The van der Waals surface area contributed by atoms with Crippen LogP contribution < -0.4 is 0 Å². The van der Waals surface area contributed by atoms with E-state index in [1.165, 1.54) is 4.90 Å². The lowest BCUT2D eigenvalue weighted by atomic mass is 10.0. The number of benzene rings is 1. The van der Waals surface area contributed by atoms with Crippen molar-refractivity contribution in [3.8, 4) is 0 Å². The molecule has 0 spiro atoms. The number of fused-ring (bicyclic) bond motifs is 1. The van der Waals surface area contributed by atoms with Crippen LogP contribution in [-0.2, 0) is 24.3 Å². The highest BCUT2D eigenvalue weighted by Crippen LogP contribution is 2.26. The Hall–Kier alpha value is -1.66. The van der Waals surface area contributed by atoms with Gasteiger partial charge in [0.2, 0.25) is 5.91 Å². The summed E-state index contributed by atoms with van der Waals surface area (Å²) >= 11 is 11.4. The molecule has 0 radical (unpaired) electrons. The van der Waals surface area contributed by atoms with Crippen LogP contribution in [0.15, 0.2) is 24.7 Å². The molecule has 1 atom stereocenters. The Morgan fingerprint density at radius 3 is 2.96 bits per heavy atom. The van der Waals surface area contributed by atoms with Gasteiger partial charge in [0.1, 0.15) is 17.5 Å². The van der Waals surface area contributed by atoms with E-state index >= 15 is 0 Å². The normalized spacial score (nSPS) is 16.8. The molecule has 0 saturated carbocycles. The third kappa shape index (κ3) is 3.26. The molecule has 0 saturated heterocycles. The molecule has 1 amide bonds. The van der Waals surface area contributed by atoms with Crippen LogP contribution >= 0.6 is 23.2 Å². The molecule has 3 rings (SSSR count). The van der Waals surface area contributed by atoms with Crippen molar-refractivity contribution in [1.82, 2.24) is 14.5 Å². The van der Waals surface area contributed by atoms with E-state index in [2.05, 4.69) is 4.98 Å². The first-order valence-electron chi connectivity index (χ1n) is 7.48. The highest BCUT2D eigenvalue weighted by Gasteiger charge is 2.29. The first-order chi connectivity index (χ1) is 11.5. The number of imidazole rings is 1. The van der Waals surface area contributed by atoms with E-state index in [1.54, 1.807) is 12.5 Å². The summed E-state index contributed by atoms with van der Waals surface area (Å²) in [6, 6.07) is 2.04. The number of aromatic nitrogens is 2. The van der Waals surface area contributed by atoms with Gasteiger partial charge in [-0.15, -0.1) is 11.6 Å². The number of hydrogen-bond donors (Lipinski definition) is 0. The van der Waals surface area contributed by atoms with Crippen molar-refractivity contribution in [3.05, 3.63) is 52.6 Å². The van der Waals surface area contributed by atoms with Gasteiger partial charge in [-0.25, -0.2) is 13.8 Å². The van der Waals surface area contributed by atoms with Crippen LogP contribution in [0, 0.1) is 11.6 Å². The van der Waals surface area contributed by atoms with Crippen molar-refractivity contribution in [2.24, 2.45) is 0 Å². The standard InChI is InChI=1S/C16H15Cl2F2N3O/c17-5-15(24)23(8-12-14(19)4-3-13(18)16(12)20)11-2-1-10-6-21-9-22(10)7-11/h3-4,6,9,11H,1-2,5,7-8H2. The molecule has 1 aromatic carbocycles. The van der Waals surface area contributed by atoms with E-state index < -0.39 is 11.6 Å². The number of rotatable bonds is 4. The van der Waals surface area contributed by atoms with E-state index in [9.17, 15) is 13.6 Å². The molecule has 24 heavy (non-hydrogen) atoms. The Labute approximate surface area is 148 Å². The van der Waals surface area contributed by atoms with Gasteiger partial charge in [-0.05, 0) is 25.0 Å². The molecule has 0 bridgehead atoms. The van der Waals surface area contributed by atoms with Crippen LogP contribution in [0.3, 0.4) is 0 Å². The van der Waals surface area contributed by atoms with Gasteiger partial charge < -0.3 is 9.47 Å². The monoisotopic (exact) mass is 373 g/mol. The number of amides is 1. The highest BCUT2D eigenvalue weighted by atomic mass is 35.5. The van der Waals surface area contributed by atoms with Crippen LogP contribution in [0.25, 0.3) is 0 Å². The summed E-state index contributed by atoms with van der Waals surface area (Å²) in [5, 5.41) is -0.176. The first-order valence-corrected chi connectivity index (χ1v) is 8.39. The molecule has 0 aliphatic carbocycles. The van der Waals surface area contributed by atoms with Gasteiger partial charge in [0, 0.05) is 24.0 Å². The predicted molar refractivity (Wildman–Crippen MR) is 87.0 cm³/mol. The summed E-state index contributed by atoms with van der Waals surface area (Å²) in [5.74, 6) is -2.20. The summed E-state index contributed by atoms with van der Waals surface area (Å²) in [7, 11) is 0. The molecule has 1 aromatic heterocycles. The molecular weight excluding hydrogens is 359 g/mol. The lowest BCUT2D eigenvalue weighted by molar-refractivity contribution is -0.132. The lowest BCUT2D eigenvalue weighted by Crippen LogP contribution is -2.45. The van der Waals surface area contributed by atoms with Gasteiger partial charge in [0.25, 0.3) is 0 Å². The number of aryl methyl sites for hydroxylation is 1. The van der Waals surface area contributed by atoms with E-state index in [-0.39, 0.29) is 35.0 Å². The van der Waals surface area contributed by atoms with Gasteiger partial charge in [0.05, 0.1) is 23.9 Å². The average Bonchev–Trinajstić information content (AvgIpc) is 3.05. The zero-order valence-electron chi connectivity index (χ0n) is 12.7. The molecule has 2 heterocycles. The molecule has 0 N–H and O–H groups in total. The maximum atomic E-state index is 14.2. The molecule has 1 aliphatic rings. The Morgan fingerprint density at radius 1 is 1.42 bits per heavy atom. The number of halogens is 4. The SMILES string of the molecule is O=C(CCl)N(Cc1c(F)ccc(Cl)c1F)C1CCc2cncn2C1. The van der Waals surface area contributed by atoms with Gasteiger partial charge in [-0.1, -0.05) is 11.6 Å². The minimum Gasteiger partial charge on any atom is -0.333 e. The second-order valence-electron chi connectivity index (χ2n) is 5.71. The first kappa shape index (κ1) is 17.2. The smallest absolute Gasteiger partial charge is 0.238 e. The molecule has 128 valence electrons. The largest absolute Gasteiger partial charge is 0.333 e. The van der Waals surface area contributed by atoms with Crippen LogP contribution in [0.4, 0.5) is 8.78 Å². The van der Waals surface area contributed by atoms with E-state index in [4.69, 9.17) is 23.2 Å². The van der Waals surface area contributed by atoms with E-state index in [0.717, 1.165) is 24.2 Å². The molecule has 1 unspecified atom stereocenters. The fourth-order valence-electron chi connectivity index (χ4n) is 2.99. The van der Waals surface area contributed by atoms with Crippen molar-refractivity contribution in [3.63, 3.8) is 0 Å². The second kappa shape index (κ2) is 7.07. The van der Waals surface area contributed by atoms with Crippen LogP contribution in [-0.4, -0.2) is 32.3 Å². The van der Waals surface area contributed by atoms with Gasteiger partial charge in [0.15, 0.2) is 0 Å². The summed E-state index contributed by atoms with van der Waals surface area (Å²) in [6.45, 7) is 0.306. The van der Waals surface area contributed by atoms with Crippen molar-refractivity contribution in [1.29, 1.82) is 0 Å². The van der Waals surface area contributed by atoms with Crippen LogP contribution in [0.5, 0.6) is 0 Å². The fraction of sp³-hybridized carbons (Fsp3) is 0.375. The number of hydrogen-bond acceptors (Lipinski definition) is 2. The maximum absolute atomic E-state index is 14.2. The highest BCUT2D eigenvalue weighted by molar-refractivity contribution is 6.30. The molecule has 1 aliphatic heterocycles. The number of alkyl halides is 1. The maximum Gasteiger partial charge on any atom is 0.238 e. The predicted octanol–water partition coefficient (Wildman–Crippen LogP) is 3.40. The van der Waals surface area contributed by atoms with Gasteiger partial charge >= 0.3 is 0 Å². The van der Waals surface area contributed by atoms with Crippen LogP contribution in [0.2, 0.25) is 5.02 Å². The van der Waals surface area contributed by atoms with Crippen molar-refractivity contribution in [2.75, 3.05) is 5.88 Å².